The lowest BCUT2D eigenvalue weighted by Crippen LogP contribution is -2.10. The molecule has 0 saturated carbocycles. The summed E-state index contributed by atoms with van der Waals surface area (Å²) in [7, 11) is 0. The Morgan fingerprint density at radius 2 is 1.73 bits per heavy atom. The SMILES string of the molecule is O=C(Nc1ccc(I)cc1)c1ccc(-c2ccccc2F)o1. The highest BCUT2D eigenvalue weighted by atomic mass is 127. The van der Waals surface area contributed by atoms with E-state index >= 15 is 0 Å². The van der Waals surface area contributed by atoms with Gasteiger partial charge in [0.15, 0.2) is 5.76 Å². The fraction of sp³-hybridized carbons (Fsp3) is 0. The largest absolute Gasteiger partial charge is 0.451 e. The van der Waals surface area contributed by atoms with Gasteiger partial charge in [0.05, 0.1) is 5.56 Å². The van der Waals surface area contributed by atoms with Gasteiger partial charge in [0.25, 0.3) is 5.91 Å². The summed E-state index contributed by atoms with van der Waals surface area (Å²) < 4.78 is 20.2. The van der Waals surface area contributed by atoms with Gasteiger partial charge in [0, 0.05) is 9.26 Å². The van der Waals surface area contributed by atoms with E-state index < -0.39 is 0 Å². The van der Waals surface area contributed by atoms with Gasteiger partial charge in [0.2, 0.25) is 0 Å². The van der Waals surface area contributed by atoms with Crippen molar-refractivity contribution >= 4 is 34.2 Å². The first-order valence-corrected chi connectivity index (χ1v) is 7.63. The summed E-state index contributed by atoms with van der Waals surface area (Å²) in [6.45, 7) is 0. The summed E-state index contributed by atoms with van der Waals surface area (Å²) >= 11 is 2.19. The minimum atomic E-state index is -0.388. The summed E-state index contributed by atoms with van der Waals surface area (Å²) in [6, 6.07) is 16.8. The molecule has 0 aliphatic rings. The summed E-state index contributed by atoms with van der Waals surface area (Å²) in [6.07, 6.45) is 0. The first kappa shape index (κ1) is 14.8. The maximum Gasteiger partial charge on any atom is 0.291 e. The molecule has 3 aromatic rings. The van der Waals surface area contributed by atoms with Crippen molar-refractivity contribution in [3.63, 3.8) is 0 Å². The minimum absolute atomic E-state index is 0.136. The number of hydrogen-bond acceptors (Lipinski definition) is 2. The van der Waals surface area contributed by atoms with Crippen LogP contribution in [0.4, 0.5) is 10.1 Å². The van der Waals surface area contributed by atoms with Gasteiger partial charge in [0.1, 0.15) is 11.6 Å². The minimum Gasteiger partial charge on any atom is -0.451 e. The number of rotatable bonds is 3. The van der Waals surface area contributed by atoms with Gasteiger partial charge in [-0.1, -0.05) is 12.1 Å². The first-order chi connectivity index (χ1) is 10.6. The molecule has 1 heterocycles. The van der Waals surface area contributed by atoms with Gasteiger partial charge < -0.3 is 9.73 Å². The number of furan rings is 1. The molecular formula is C17H11FINO2. The number of carbonyl (C=O) groups excluding carboxylic acids is 1. The molecule has 0 radical (unpaired) electrons. The lowest BCUT2D eigenvalue weighted by Gasteiger charge is -2.03. The van der Waals surface area contributed by atoms with E-state index in [-0.39, 0.29) is 17.5 Å². The molecule has 2 aromatic carbocycles. The van der Waals surface area contributed by atoms with Gasteiger partial charge in [-0.15, -0.1) is 0 Å². The van der Waals surface area contributed by atoms with E-state index in [1.165, 1.54) is 12.1 Å². The molecule has 1 aromatic heterocycles. The van der Waals surface area contributed by atoms with Crippen LogP contribution in [0.25, 0.3) is 11.3 Å². The van der Waals surface area contributed by atoms with Gasteiger partial charge in [-0.2, -0.15) is 0 Å². The van der Waals surface area contributed by atoms with Crippen LogP contribution in [0.1, 0.15) is 10.6 Å². The second kappa shape index (κ2) is 6.31. The number of carbonyl (C=O) groups is 1. The first-order valence-electron chi connectivity index (χ1n) is 6.55. The number of nitrogens with one attached hydrogen (secondary N) is 1. The predicted octanol–water partition coefficient (Wildman–Crippen LogP) is 4.94. The molecule has 0 aliphatic heterocycles. The summed E-state index contributed by atoms with van der Waals surface area (Å²) in [4.78, 5) is 12.1. The van der Waals surface area contributed by atoms with E-state index in [2.05, 4.69) is 27.9 Å². The van der Waals surface area contributed by atoms with Gasteiger partial charge in [-0.05, 0) is 71.1 Å². The van der Waals surface area contributed by atoms with Gasteiger partial charge in [-0.3, -0.25) is 4.79 Å². The van der Waals surface area contributed by atoms with Crippen LogP contribution in [0, 0.1) is 9.39 Å². The lowest BCUT2D eigenvalue weighted by molar-refractivity contribution is 0.0997. The van der Waals surface area contributed by atoms with E-state index in [0.29, 0.717) is 17.0 Å². The molecule has 110 valence electrons. The Kier molecular flexibility index (Phi) is 4.24. The lowest BCUT2D eigenvalue weighted by atomic mass is 10.1. The Morgan fingerprint density at radius 3 is 2.45 bits per heavy atom. The molecule has 3 nitrogen and oxygen atoms in total. The Bertz CT molecular complexity index is 812. The van der Waals surface area contributed by atoms with Crippen LogP contribution >= 0.6 is 22.6 Å². The highest BCUT2D eigenvalue weighted by Crippen LogP contribution is 2.25. The van der Waals surface area contributed by atoms with Crippen LogP contribution in [-0.2, 0) is 0 Å². The fourth-order valence-electron chi connectivity index (χ4n) is 1.99. The second-order valence-electron chi connectivity index (χ2n) is 4.60. The second-order valence-corrected chi connectivity index (χ2v) is 5.85. The maximum absolute atomic E-state index is 13.7. The van der Waals surface area contributed by atoms with Crippen molar-refractivity contribution in [3.8, 4) is 11.3 Å². The van der Waals surface area contributed by atoms with Crippen molar-refractivity contribution in [2.75, 3.05) is 5.32 Å². The van der Waals surface area contributed by atoms with Crippen molar-refractivity contribution in [3.05, 3.63) is 75.8 Å². The standard InChI is InChI=1S/C17H11FINO2/c18-14-4-2-1-3-13(14)15-9-10-16(22-15)17(21)20-12-7-5-11(19)6-8-12/h1-10H,(H,20,21). The Morgan fingerprint density at radius 1 is 1.00 bits per heavy atom. The molecule has 0 saturated heterocycles. The molecular weight excluding hydrogens is 396 g/mol. The smallest absolute Gasteiger partial charge is 0.291 e. The topological polar surface area (TPSA) is 42.2 Å². The molecule has 0 fully saturated rings. The number of amides is 1. The zero-order valence-corrected chi connectivity index (χ0v) is 13.5. The quantitative estimate of drug-likeness (QED) is 0.625. The Balaban J connectivity index is 1.80. The van der Waals surface area contributed by atoms with Crippen LogP contribution in [0.2, 0.25) is 0 Å². The van der Waals surface area contributed by atoms with Crippen molar-refractivity contribution in [1.82, 2.24) is 0 Å². The molecule has 22 heavy (non-hydrogen) atoms. The Hall–Kier alpha value is -2.15. The summed E-state index contributed by atoms with van der Waals surface area (Å²) in [5.74, 6) is -0.298. The molecule has 1 amide bonds. The number of halogens is 2. The van der Waals surface area contributed by atoms with E-state index in [1.807, 2.05) is 12.1 Å². The molecule has 0 bridgehead atoms. The number of anilines is 1. The zero-order chi connectivity index (χ0) is 15.5. The zero-order valence-electron chi connectivity index (χ0n) is 11.3. The third kappa shape index (κ3) is 3.19. The molecule has 0 spiro atoms. The number of hydrogen-bond donors (Lipinski definition) is 1. The van der Waals surface area contributed by atoms with E-state index in [9.17, 15) is 9.18 Å². The third-order valence-electron chi connectivity index (χ3n) is 3.07. The van der Waals surface area contributed by atoms with Crippen LogP contribution in [-0.4, -0.2) is 5.91 Å². The average Bonchev–Trinajstić information content (AvgIpc) is 3.00. The van der Waals surface area contributed by atoms with Crippen molar-refractivity contribution < 1.29 is 13.6 Å². The number of benzene rings is 2. The predicted molar refractivity (Wildman–Crippen MR) is 91.2 cm³/mol. The molecule has 0 unspecified atom stereocenters. The monoisotopic (exact) mass is 407 g/mol. The molecule has 3 rings (SSSR count). The molecule has 1 N–H and O–H groups in total. The summed E-state index contributed by atoms with van der Waals surface area (Å²) in [5, 5.41) is 2.74. The Labute approximate surface area is 140 Å². The highest BCUT2D eigenvalue weighted by Gasteiger charge is 2.14. The highest BCUT2D eigenvalue weighted by molar-refractivity contribution is 14.1. The fourth-order valence-corrected chi connectivity index (χ4v) is 2.35. The van der Waals surface area contributed by atoms with E-state index in [1.54, 1.807) is 36.4 Å². The van der Waals surface area contributed by atoms with E-state index in [4.69, 9.17) is 4.42 Å². The normalized spacial score (nSPS) is 10.5. The van der Waals surface area contributed by atoms with Crippen molar-refractivity contribution in [1.29, 1.82) is 0 Å². The van der Waals surface area contributed by atoms with Gasteiger partial charge in [-0.25, -0.2) is 4.39 Å². The molecule has 0 atom stereocenters. The maximum atomic E-state index is 13.7. The van der Waals surface area contributed by atoms with Crippen LogP contribution in [0.15, 0.2) is 65.1 Å². The van der Waals surface area contributed by atoms with Crippen LogP contribution < -0.4 is 5.32 Å². The molecule has 0 aliphatic carbocycles. The third-order valence-corrected chi connectivity index (χ3v) is 3.79. The van der Waals surface area contributed by atoms with E-state index in [0.717, 1.165) is 3.57 Å². The average molecular weight is 407 g/mol. The van der Waals surface area contributed by atoms with Crippen molar-refractivity contribution in [2.24, 2.45) is 0 Å². The van der Waals surface area contributed by atoms with Gasteiger partial charge >= 0.3 is 0 Å². The van der Waals surface area contributed by atoms with Crippen LogP contribution in [0.3, 0.4) is 0 Å². The van der Waals surface area contributed by atoms with Crippen LogP contribution in [0.5, 0.6) is 0 Å². The van der Waals surface area contributed by atoms with Crippen molar-refractivity contribution in [2.45, 2.75) is 0 Å². The summed E-state index contributed by atoms with van der Waals surface area (Å²) in [5.41, 5.74) is 1.00. The molecule has 5 heteroatoms.